The van der Waals surface area contributed by atoms with Crippen LogP contribution in [-0.4, -0.2) is 30.1 Å². The van der Waals surface area contributed by atoms with Crippen molar-refractivity contribution >= 4 is 42.1 Å². The number of ether oxygens (including phenoxy) is 1. The quantitative estimate of drug-likeness (QED) is 0.268. The van der Waals surface area contributed by atoms with Gasteiger partial charge in [0.2, 0.25) is 0 Å². The van der Waals surface area contributed by atoms with Crippen molar-refractivity contribution < 1.29 is 9.53 Å². The second-order valence-corrected chi connectivity index (χ2v) is 4.68. The van der Waals surface area contributed by atoms with Gasteiger partial charge in [0.05, 0.1) is 23.1 Å². The molecule has 0 bridgehead atoms. The predicted octanol–water partition coefficient (Wildman–Crippen LogP) is 3.08. The van der Waals surface area contributed by atoms with Crippen LogP contribution in [0.3, 0.4) is 0 Å². The highest BCUT2D eigenvalue weighted by Gasteiger charge is 2.04. The zero-order valence-corrected chi connectivity index (χ0v) is 12.6. The van der Waals surface area contributed by atoms with E-state index in [9.17, 15) is 4.79 Å². The van der Waals surface area contributed by atoms with Crippen LogP contribution in [0.25, 0.3) is 0 Å². The number of hydrogen-bond acceptors (Lipinski definition) is 6. The average molecular weight is 286 g/mol. The molecule has 0 unspecified atom stereocenters. The minimum atomic E-state index is -0.249. The van der Waals surface area contributed by atoms with Crippen LogP contribution in [0.1, 0.15) is 20.8 Å². The van der Waals surface area contributed by atoms with Crippen LogP contribution in [-0.2, 0) is 9.53 Å². The molecule has 0 N–H and O–H groups in total. The molecule has 0 heterocycles. The Morgan fingerprint density at radius 3 is 2.72 bits per heavy atom. The number of nitrogens with zero attached hydrogens (tertiary/aromatic N) is 2. The number of hydrogen-bond donors (Lipinski definition) is 1. The highest BCUT2D eigenvalue weighted by molar-refractivity contribution is 8.14. The van der Waals surface area contributed by atoms with Crippen molar-refractivity contribution in [3.05, 3.63) is 22.9 Å². The largest absolute Gasteiger partial charge is 0.465 e. The highest BCUT2D eigenvalue weighted by Crippen LogP contribution is 2.16. The van der Waals surface area contributed by atoms with Crippen molar-refractivity contribution in [2.45, 2.75) is 20.8 Å². The first kappa shape index (κ1) is 17.0. The summed E-state index contributed by atoms with van der Waals surface area (Å²) in [5, 5.41) is 1.19. The number of esters is 1. The van der Waals surface area contributed by atoms with Gasteiger partial charge in [0.25, 0.3) is 0 Å². The third-order valence-corrected chi connectivity index (χ3v) is 2.95. The molecule has 18 heavy (non-hydrogen) atoms. The molecule has 6 heteroatoms. The van der Waals surface area contributed by atoms with E-state index < -0.39 is 0 Å². The molecule has 0 aliphatic heterocycles. The summed E-state index contributed by atoms with van der Waals surface area (Å²) in [6.45, 7) is 9.26. The minimum absolute atomic E-state index is 0.246. The molecule has 0 aliphatic carbocycles. The number of aliphatic imine (C=N–C) groups is 2. The number of rotatable bonds is 6. The van der Waals surface area contributed by atoms with Crippen molar-refractivity contribution in [3.63, 3.8) is 0 Å². The topological polar surface area (TPSA) is 51.0 Å². The van der Waals surface area contributed by atoms with E-state index in [1.807, 2.05) is 19.9 Å². The molecule has 0 aliphatic rings. The van der Waals surface area contributed by atoms with E-state index in [1.165, 1.54) is 11.8 Å². The van der Waals surface area contributed by atoms with Crippen LogP contribution in [0.5, 0.6) is 0 Å². The Bertz CT molecular complexity index is 388. The summed E-state index contributed by atoms with van der Waals surface area (Å²) in [6.07, 6.45) is 3.62. The van der Waals surface area contributed by atoms with Gasteiger partial charge in [-0.1, -0.05) is 17.8 Å². The molecular weight excluding hydrogens is 268 g/mol. The Morgan fingerprint density at radius 1 is 1.56 bits per heavy atom. The van der Waals surface area contributed by atoms with E-state index in [-0.39, 0.29) is 11.7 Å². The summed E-state index contributed by atoms with van der Waals surface area (Å²) in [5.74, 6) is -0.00281. The summed E-state index contributed by atoms with van der Waals surface area (Å²) < 4.78 is 4.83. The maximum atomic E-state index is 11.2. The molecule has 0 radical (unpaired) electrons. The first-order chi connectivity index (χ1) is 8.54. The van der Waals surface area contributed by atoms with Gasteiger partial charge < -0.3 is 4.74 Å². The number of thioether (sulfide) groups is 1. The molecular formula is C12H18N2O2S2. The second kappa shape index (κ2) is 9.96. The number of carbonyl (C=O) groups is 1. The van der Waals surface area contributed by atoms with Crippen LogP contribution in [0, 0.1) is 0 Å². The number of thiol groups is 1. The van der Waals surface area contributed by atoms with Gasteiger partial charge in [-0.15, -0.1) is 12.6 Å². The summed E-state index contributed by atoms with van der Waals surface area (Å²) in [7, 11) is 0. The van der Waals surface area contributed by atoms with Crippen molar-refractivity contribution in [1.29, 1.82) is 0 Å². The van der Waals surface area contributed by atoms with Gasteiger partial charge in [0.15, 0.2) is 0 Å². The molecule has 0 saturated heterocycles. The van der Waals surface area contributed by atoms with Gasteiger partial charge >= 0.3 is 5.97 Å². The van der Waals surface area contributed by atoms with E-state index in [1.54, 1.807) is 13.0 Å². The monoisotopic (exact) mass is 286 g/mol. The number of carbonyl (C=O) groups excluding carboxylic acids is 1. The van der Waals surface area contributed by atoms with E-state index >= 15 is 0 Å². The van der Waals surface area contributed by atoms with Crippen LogP contribution in [0.4, 0.5) is 0 Å². The van der Waals surface area contributed by atoms with Crippen LogP contribution < -0.4 is 0 Å². The summed E-state index contributed by atoms with van der Waals surface area (Å²) in [4.78, 5) is 19.2. The lowest BCUT2D eigenvalue weighted by Crippen LogP contribution is -2.07. The Hall–Kier alpha value is -1.01. The normalized spacial score (nSPS) is 13.4. The van der Waals surface area contributed by atoms with Gasteiger partial charge in [-0.2, -0.15) is 0 Å². The van der Waals surface area contributed by atoms with Crippen LogP contribution in [0.2, 0.25) is 0 Å². The zero-order valence-electron chi connectivity index (χ0n) is 10.8. The molecule has 100 valence electrons. The minimum Gasteiger partial charge on any atom is -0.465 e. The third-order valence-electron chi connectivity index (χ3n) is 1.69. The van der Waals surface area contributed by atoms with Crippen molar-refractivity contribution in [2.75, 3.05) is 12.4 Å². The number of allylic oxidation sites excluding steroid dienone is 2. The molecule has 4 nitrogen and oxygen atoms in total. The predicted molar refractivity (Wildman–Crippen MR) is 82.6 cm³/mol. The first-order valence-electron chi connectivity index (χ1n) is 5.41. The lowest BCUT2D eigenvalue weighted by Gasteiger charge is -2.03. The molecule has 0 spiro atoms. The molecule has 0 rings (SSSR count). The fourth-order valence-electron chi connectivity index (χ4n) is 0.969. The van der Waals surface area contributed by atoms with E-state index in [0.29, 0.717) is 17.3 Å². The molecule has 0 saturated carbocycles. The first-order valence-corrected chi connectivity index (χ1v) is 6.84. The van der Waals surface area contributed by atoms with E-state index in [2.05, 4.69) is 29.3 Å². The summed E-state index contributed by atoms with van der Waals surface area (Å²) >= 11 is 5.49. The van der Waals surface area contributed by atoms with E-state index in [0.717, 1.165) is 5.04 Å². The summed E-state index contributed by atoms with van der Waals surface area (Å²) in [6, 6.07) is 0. The second-order valence-electron chi connectivity index (χ2n) is 3.09. The molecule has 0 aromatic rings. The Balaban J connectivity index is 4.64. The molecule has 0 fully saturated rings. The smallest absolute Gasteiger partial charge is 0.316 e. The van der Waals surface area contributed by atoms with Crippen LogP contribution in [0.15, 0.2) is 32.9 Å². The molecule has 0 aromatic heterocycles. The SMILES string of the molecule is C=N/C(S)=C(\C=C/C)N=C(C)SCC(=O)OCC. The van der Waals surface area contributed by atoms with Crippen molar-refractivity contribution in [2.24, 2.45) is 9.98 Å². The fourth-order valence-corrected chi connectivity index (χ4v) is 1.67. The standard InChI is InChI=1S/C12H18N2O2S2/c1-5-7-10(12(17)13-4)14-9(3)18-8-11(15)16-6-2/h5,7,17H,4,6,8H2,1-3H3/b7-5-,12-10-,14-9?. The van der Waals surface area contributed by atoms with E-state index in [4.69, 9.17) is 4.74 Å². The highest BCUT2D eigenvalue weighted by atomic mass is 32.2. The zero-order chi connectivity index (χ0) is 14.0. The Labute approximate surface area is 118 Å². The third kappa shape index (κ3) is 7.34. The summed E-state index contributed by atoms with van der Waals surface area (Å²) in [5.41, 5.74) is 0.615. The Kier molecular flexibility index (Phi) is 9.40. The average Bonchev–Trinajstić information content (AvgIpc) is 2.35. The fraction of sp³-hybridized carbons (Fsp3) is 0.417. The lowest BCUT2D eigenvalue weighted by atomic mass is 10.4. The molecule has 0 amide bonds. The molecule has 0 atom stereocenters. The maximum absolute atomic E-state index is 11.2. The van der Waals surface area contributed by atoms with Gasteiger partial charge in [-0.3, -0.25) is 9.79 Å². The maximum Gasteiger partial charge on any atom is 0.316 e. The van der Waals surface area contributed by atoms with Crippen molar-refractivity contribution in [3.8, 4) is 0 Å². The molecule has 0 aromatic carbocycles. The Morgan fingerprint density at radius 2 is 2.22 bits per heavy atom. The van der Waals surface area contributed by atoms with Crippen molar-refractivity contribution in [1.82, 2.24) is 0 Å². The van der Waals surface area contributed by atoms with Gasteiger partial charge in [-0.25, -0.2) is 4.99 Å². The van der Waals surface area contributed by atoms with Gasteiger partial charge in [0.1, 0.15) is 5.03 Å². The van der Waals surface area contributed by atoms with Gasteiger partial charge in [0, 0.05) is 0 Å². The van der Waals surface area contributed by atoms with Gasteiger partial charge in [-0.05, 0) is 33.6 Å². The lowest BCUT2D eigenvalue weighted by molar-refractivity contribution is -0.139. The van der Waals surface area contributed by atoms with Crippen LogP contribution >= 0.6 is 24.4 Å².